The van der Waals surface area contributed by atoms with Crippen LogP contribution in [0.1, 0.15) is 104 Å². The number of unbranched alkanes of at least 4 members (excludes halogenated alkanes) is 3. The lowest BCUT2D eigenvalue weighted by Crippen LogP contribution is -2.36. The first-order valence-electron chi connectivity index (χ1n) is 11.0. The molecule has 4 unspecified atom stereocenters. The van der Waals surface area contributed by atoms with E-state index in [0.717, 1.165) is 51.4 Å². The Balaban J connectivity index is 2.69. The lowest BCUT2D eigenvalue weighted by molar-refractivity contribution is -0.164. The number of rotatable bonds is 13. The molecule has 1 rings (SSSR count). The third-order valence-electron chi connectivity index (χ3n) is 5.94. The van der Waals surface area contributed by atoms with Crippen molar-refractivity contribution in [1.29, 1.82) is 0 Å². The van der Waals surface area contributed by atoms with Crippen molar-refractivity contribution in [1.82, 2.24) is 0 Å². The molecule has 1 fully saturated rings. The fourth-order valence-electron chi connectivity index (χ4n) is 4.16. The Morgan fingerprint density at radius 1 is 0.962 bits per heavy atom. The van der Waals surface area contributed by atoms with E-state index in [1.807, 2.05) is 0 Å². The highest BCUT2D eigenvalue weighted by atomic mass is 16.5. The average Bonchev–Trinajstić information content (AvgIpc) is 2.64. The third-order valence-corrected chi connectivity index (χ3v) is 5.94. The van der Waals surface area contributed by atoms with E-state index >= 15 is 0 Å². The molecule has 0 aromatic heterocycles. The van der Waals surface area contributed by atoms with Crippen LogP contribution in [0.3, 0.4) is 0 Å². The number of carbonyl (C=O) groups excluding carboxylic acids is 1. The molecule has 1 saturated carbocycles. The maximum atomic E-state index is 12.8. The van der Waals surface area contributed by atoms with Gasteiger partial charge in [0.2, 0.25) is 0 Å². The Hall–Kier alpha value is -1.06. The molecule has 0 radical (unpaired) electrons. The van der Waals surface area contributed by atoms with Gasteiger partial charge in [-0.05, 0) is 38.0 Å². The summed E-state index contributed by atoms with van der Waals surface area (Å²) >= 11 is 0. The molecule has 0 aromatic carbocycles. The summed E-state index contributed by atoms with van der Waals surface area (Å²) < 4.78 is 5.93. The Labute approximate surface area is 160 Å². The van der Waals surface area contributed by atoms with Crippen LogP contribution in [0.2, 0.25) is 0 Å². The summed E-state index contributed by atoms with van der Waals surface area (Å²) in [5.74, 6) is -1.52. The van der Waals surface area contributed by atoms with Gasteiger partial charge in [0, 0.05) is 0 Å². The highest BCUT2D eigenvalue weighted by molar-refractivity contribution is 5.81. The second kappa shape index (κ2) is 13.2. The van der Waals surface area contributed by atoms with E-state index in [4.69, 9.17) is 4.74 Å². The maximum Gasteiger partial charge on any atom is 0.310 e. The fraction of sp³-hybridized carbons (Fsp3) is 0.909. The van der Waals surface area contributed by atoms with Crippen molar-refractivity contribution in [3.8, 4) is 0 Å². The van der Waals surface area contributed by atoms with Crippen molar-refractivity contribution in [3.05, 3.63) is 0 Å². The van der Waals surface area contributed by atoms with Crippen LogP contribution in [0.25, 0.3) is 0 Å². The fourth-order valence-corrected chi connectivity index (χ4v) is 4.16. The minimum absolute atomic E-state index is 0.0489. The average molecular weight is 369 g/mol. The summed E-state index contributed by atoms with van der Waals surface area (Å²) in [6.45, 7) is 6.60. The van der Waals surface area contributed by atoms with Gasteiger partial charge in [-0.1, -0.05) is 72.1 Å². The molecular weight excluding hydrogens is 328 g/mol. The zero-order chi connectivity index (χ0) is 19.4. The van der Waals surface area contributed by atoms with Gasteiger partial charge < -0.3 is 9.84 Å². The molecule has 0 bridgehead atoms. The van der Waals surface area contributed by atoms with Crippen molar-refractivity contribution in [3.63, 3.8) is 0 Å². The van der Waals surface area contributed by atoms with Gasteiger partial charge in [-0.3, -0.25) is 9.59 Å². The largest absolute Gasteiger partial charge is 0.481 e. The van der Waals surface area contributed by atoms with Crippen LogP contribution in [-0.2, 0) is 14.3 Å². The zero-order valence-electron chi connectivity index (χ0n) is 17.2. The Morgan fingerprint density at radius 2 is 1.62 bits per heavy atom. The molecule has 0 spiro atoms. The first kappa shape index (κ1) is 23.0. The molecule has 0 aromatic rings. The number of hydrogen-bond donors (Lipinski definition) is 1. The first-order valence-corrected chi connectivity index (χ1v) is 11.0. The Kier molecular flexibility index (Phi) is 11.6. The first-order chi connectivity index (χ1) is 12.5. The van der Waals surface area contributed by atoms with Crippen molar-refractivity contribution in [2.24, 2.45) is 17.8 Å². The molecule has 0 amide bonds. The highest BCUT2D eigenvalue weighted by Crippen LogP contribution is 2.32. The number of carboxylic acids is 1. The number of esters is 1. The predicted molar refractivity (Wildman–Crippen MR) is 105 cm³/mol. The van der Waals surface area contributed by atoms with Crippen LogP contribution in [0.5, 0.6) is 0 Å². The van der Waals surface area contributed by atoms with E-state index in [9.17, 15) is 14.7 Å². The summed E-state index contributed by atoms with van der Waals surface area (Å²) in [7, 11) is 0. The topological polar surface area (TPSA) is 63.6 Å². The second-order valence-corrected chi connectivity index (χ2v) is 8.04. The van der Waals surface area contributed by atoms with Gasteiger partial charge in [-0.15, -0.1) is 0 Å². The number of carboxylic acid groups (broad SMARTS) is 1. The predicted octanol–water partition coefficient (Wildman–Crippen LogP) is 5.98. The van der Waals surface area contributed by atoms with Crippen LogP contribution < -0.4 is 0 Å². The van der Waals surface area contributed by atoms with Crippen molar-refractivity contribution < 1.29 is 19.4 Å². The molecular formula is C22H40O4. The molecule has 1 aliphatic carbocycles. The minimum Gasteiger partial charge on any atom is -0.481 e. The molecule has 0 heterocycles. The SMILES string of the molecule is CCCCCC(CC(CC)CCCC)OC(=O)C1CCCCC1C(=O)O. The number of carbonyl (C=O) groups is 2. The normalized spacial score (nSPS) is 22.6. The standard InChI is InChI=1S/C22H40O4/c1-4-7-9-13-18(16-17(6-3)12-8-5-2)26-22(25)20-15-11-10-14-19(20)21(23)24/h17-20H,4-16H2,1-3H3,(H,23,24). The van der Waals surface area contributed by atoms with Gasteiger partial charge in [-0.25, -0.2) is 0 Å². The van der Waals surface area contributed by atoms with Crippen molar-refractivity contribution >= 4 is 11.9 Å². The van der Waals surface area contributed by atoms with Crippen LogP contribution in [0.4, 0.5) is 0 Å². The van der Waals surface area contributed by atoms with Gasteiger partial charge in [0.25, 0.3) is 0 Å². The summed E-state index contributed by atoms with van der Waals surface area (Å²) in [6.07, 6.45) is 13.0. The summed E-state index contributed by atoms with van der Waals surface area (Å²) in [5, 5.41) is 9.44. The van der Waals surface area contributed by atoms with Gasteiger partial charge in [0.1, 0.15) is 6.10 Å². The van der Waals surface area contributed by atoms with Gasteiger partial charge in [0.05, 0.1) is 11.8 Å². The molecule has 4 atom stereocenters. The second-order valence-electron chi connectivity index (χ2n) is 8.04. The maximum absolute atomic E-state index is 12.8. The van der Waals surface area contributed by atoms with E-state index in [1.165, 1.54) is 19.3 Å². The Morgan fingerprint density at radius 3 is 2.19 bits per heavy atom. The molecule has 26 heavy (non-hydrogen) atoms. The van der Waals surface area contributed by atoms with E-state index in [1.54, 1.807) is 0 Å². The Bertz CT molecular complexity index is 407. The summed E-state index contributed by atoms with van der Waals surface area (Å²) in [6, 6.07) is 0. The molecule has 0 aliphatic heterocycles. The molecule has 152 valence electrons. The number of hydrogen-bond acceptors (Lipinski definition) is 3. The van der Waals surface area contributed by atoms with E-state index < -0.39 is 17.8 Å². The van der Waals surface area contributed by atoms with E-state index in [-0.39, 0.29) is 12.1 Å². The molecule has 0 saturated heterocycles. The summed E-state index contributed by atoms with van der Waals surface area (Å²) in [5.41, 5.74) is 0. The third kappa shape index (κ3) is 8.09. The quantitative estimate of drug-likeness (QED) is 0.321. The van der Waals surface area contributed by atoms with Gasteiger partial charge in [0.15, 0.2) is 0 Å². The van der Waals surface area contributed by atoms with Crippen molar-refractivity contribution in [2.75, 3.05) is 0 Å². The number of aliphatic carboxylic acids is 1. The van der Waals surface area contributed by atoms with Crippen LogP contribution >= 0.6 is 0 Å². The number of ether oxygens (including phenoxy) is 1. The van der Waals surface area contributed by atoms with E-state index in [0.29, 0.717) is 18.8 Å². The lowest BCUT2D eigenvalue weighted by Gasteiger charge is -2.30. The molecule has 1 aliphatic rings. The smallest absolute Gasteiger partial charge is 0.310 e. The van der Waals surface area contributed by atoms with Crippen LogP contribution in [0, 0.1) is 17.8 Å². The highest BCUT2D eigenvalue weighted by Gasteiger charge is 2.37. The van der Waals surface area contributed by atoms with Crippen LogP contribution in [-0.4, -0.2) is 23.1 Å². The minimum atomic E-state index is -0.844. The molecule has 4 nitrogen and oxygen atoms in total. The summed E-state index contributed by atoms with van der Waals surface area (Å²) in [4.78, 5) is 24.3. The molecule has 4 heteroatoms. The zero-order valence-corrected chi connectivity index (χ0v) is 17.2. The van der Waals surface area contributed by atoms with E-state index in [2.05, 4.69) is 20.8 Å². The molecule has 1 N–H and O–H groups in total. The van der Waals surface area contributed by atoms with Gasteiger partial charge >= 0.3 is 11.9 Å². The van der Waals surface area contributed by atoms with Gasteiger partial charge in [-0.2, -0.15) is 0 Å². The lowest BCUT2D eigenvalue weighted by atomic mass is 9.79. The van der Waals surface area contributed by atoms with Crippen molar-refractivity contribution in [2.45, 2.75) is 110 Å². The monoisotopic (exact) mass is 368 g/mol. The van der Waals surface area contributed by atoms with Crippen LogP contribution in [0.15, 0.2) is 0 Å².